The number of carbonyl (C=O) groups is 2. The number of nitrogens with zero attached hydrogens (tertiary/aromatic N) is 3. The molecule has 6 nitrogen and oxygen atoms in total. The highest BCUT2D eigenvalue weighted by molar-refractivity contribution is 6.30. The van der Waals surface area contributed by atoms with Crippen LogP contribution in [0.25, 0.3) is 0 Å². The fraction of sp³-hybridized carbons (Fsp3) is 0.667. The van der Waals surface area contributed by atoms with Crippen molar-refractivity contribution in [3.05, 3.63) is 17.0 Å². The molecule has 3 atom stereocenters. The Morgan fingerprint density at radius 2 is 2.09 bits per heavy atom. The van der Waals surface area contributed by atoms with Gasteiger partial charge in [0.2, 0.25) is 11.8 Å². The summed E-state index contributed by atoms with van der Waals surface area (Å²) in [5.74, 6) is -0.0914. The topological polar surface area (TPSA) is 67.2 Å². The van der Waals surface area contributed by atoms with Crippen molar-refractivity contribution < 1.29 is 9.59 Å². The molecule has 0 radical (unpaired) electrons. The summed E-state index contributed by atoms with van der Waals surface area (Å²) in [6, 6.07) is -0.0628. The Morgan fingerprint density at radius 3 is 2.59 bits per heavy atom. The van der Waals surface area contributed by atoms with Crippen LogP contribution in [0.3, 0.4) is 0 Å². The van der Waals surface area contributed by atoms with Crippen LogP contribution >= 0.6 is 11.6 Å². The first-order valence-electron chi connectivity index (χ1n) is 7.41. The number of nitrogens with one attached hydrogen (secondary N) is 1. The number of hydrogen-bond acceptors (Lipinski definition) is 3. The van der Waals surface area contributed by atoms with E-state index < -0.39 is 5.38 Å². The van der Waals surface area contributed by atoms with Gasteiger partial charge in [-0.15, -0.1) is 11.6 Å². The van der Waals surface area contributed by atoms with E-state index in [0.29, 0.717) is 13.0 Å². The molecule has 2 heterocycles. The van der Waals surface area contributed by atoms with Gasteiger partial charge in [0.05, 0.1) is 11.7 Å². The molecule has 22 heavy (non-hydrogen) atoms. The van der Waals surface area contributed by atoms with E-state index in [9.17, 15) is 9.59 Å². The monoisotopic (exact) mass is 326 g/mol. The lowest BCUT2D eigenvalue weighted by Gasteiger charge is -2.26. The van der Waals surface area contributed by atoms with E-state index in [-0.39, 0.29) is 23.8 Å². The van der Waals surface area contributed by atoms with Gasteiger partial charge in [0.15, 0.2) is 0 Å². The molecule has 1 aliphatic rings. The van der Waals surface area contributed by atoms with E-state index in [1.54, 1.807) is 11.8 Å². The zero-order valence-corrected chi connectivity index (χ0v) is 14.4. The van der Waals surface area contributed by atoms with Crippen molar-refractivity contribution in [2.45, 2.75) is 38.6 Å². The molecule has 1 unspecified atom stereocenters. The Balaban J connectivity index is 2.25. The summed E-state index contributed by atoms with van der Waals surface area (Å²) in [5.41, 5.74) is 3.05. The highest BCUT2D eigenvalue weighted by Crippen LogP contribution is 2.39. The second-order valence-electron chi connectivity index (χ2n) is 5.98. The molecule has 1 aromatic rings. The first-order chi connectivity index (χ1) is 10.2. The number of hydrogen-bond donors (Lipinski definition) is 1. The predicted molar refractivity (Wildman–Crippen MR) is 84.6 cm³/mol. The lowest BCUT2D eigenvalue weighted by atomic mass is 9.92. The summed E-state index contributed by atoms with van der Waals surface area (Å²) < 4.78 is 1.83. The fourth-order valence-electron chi connectivity index (χ4n) is 3.15. The summed E-state index contributed by atoms with van der Waals surface area (Å²) in [6.45, 7) is 6.03. The smallest absolute Gasteiger partial charge is 0.237 e. The molecule has 122 valence electrons. The van der Waals surface area contributed by atoms with Gasteiger partial charge in [-0.25, -0.2) is 0 Å². The van der Waals surface area contributed by atoms with Gasteiger partial charge in [-0.1, -0.05) is 0 Å². The number of aryl methyl sites for hydroxylation is 2. The first-order valence-corrected chi connectivity index (χ1v) is 7.85. The molecule has 0 spiro atoms. The van der Waals surface area contributed by atoms with Crippen LogP contribution in [-0.4, -0.2) is 45.5 Å². The average molecular weight is 327 g/mol. The van der Waals surface area contributed by atoms with Crippen molar-refractivity contribution in [2.24, 2.45) is 13.0 Å². The van der Waals surface area contributed by atoms with Crippen LogP contribution in [0.15, 0.2) is 0 Å². The third-order valence-corrected chi connectivity index (χ3v) is 4.65. The maximum absolute atomic E-state index is 12.1. The summed E-state index contributed by atoms with van der Waals surface area (Å²) in [7, 11) is 3.71. The highest BCUT2D eigenvalue weighted by atomic mass is 35.5. The van der Waals surface area contributed by atoms with Gasteiger partial charge in [0.25, 0.3) is 0 Å². The third kappa shape index (κ3) is 2.97. The Bertz CT molecular complexity index is 597. The third-order valence-electron chi connectivity index (χ3n) is 4.45. The molecule has 1 N–H and O–H groups in total. The molecule has 2 rings (SSSR count). The van der Waals surface area contributed by atoms with Gasteiger partial charge in [0, 0.05) is 44.2 Å². The summed E-state index contributed by atoms with van der Waals surface area (Å²) in [4.78, 5) is 25.6. The number of rotatable bonds is 4. The van der Waals surface area contributed by atoms with Crippen LogP contribution in [0.2, 0.25) is 0 Å². The standard InChI is InChI=1S/C15H23ClN4O2/c1-8(16)15(22)17-7-11-6-12(21)19(4)14(11)13-9(2)18-20(5)10(13)3/h8,11,14H,6-7H2,1-5H3,(H,17,22)/t8?,11-,14+/m0/s1. The Labute approximate surface area is 135 Å². The van der Waals surface area contributed by atoms with E-state index in [2.05, 4.69) is 10.4 Å². The van der Waals surface area contributed by atoms with E-state index in [4.69, 9.17) is 11.6 Å². The van der Waals surface area contributed by atoms with Gasteiger partial charge in [-0.05, 0) is 20.8 Å². The summed E-state index contributed by atoms with van der Waals surface area (Å²) in [6.07, 6.45) is 0.423. The highest BCUT2D eigenvalue weighted by Gasteiger charge is 2.41. The van der Waals surface area contributed by atoms with E-state index >= 15 is 0 Å². The van der Waals surface area contributed by atoms with Gasteiger partial charge < -0.3 is 10.2 Å². The lowest BCUT2D eigenvalue weighted by Crippen LogP contribution is -2.36. The van der Waals surface area contributed by atoms with Crippen molar-refractivity contribution in [1.29, 1.82) is 0 Å². The molecule has 0 aromatic carbocycles. The van der Waals surface area contributed by atoms with E-state index in [1.165, 1.54) is 0 Å². The molecule has 1 fully saturated rings. The molecule has 7 heteroatoms. The summed E-state index contributed by atoms with van der Waals surface area (Å²) in [5, 5.41) is 6.70. The van der Waals surface area contributed by atoms with Crippen LogP contribution < -0.4 is 5.32 Å². The number of aromatic nitrogens is 2. The van der Waals surface area contributed by atoms with Crippen molar-refractivity contribution in [3.63, 3.8) is 0 Å². The molecule has 2 amide bonds. The molecule has 0 bridgehead atoms. The molecule has 0 aliphatic carbocycles. The first kappa shape index (κ1) is 16.8. The van der Waals surface area contributed by atoms with Gasteiger partial charge in [-0.2, -0.15) is 5.10 Å². The van der Waals surface area contributed by atoms with Crippen LogP contribution in [-0.2, 0) is 16.6 Å². The average Bonchev–Trinajstić information content (AvgIpc) is 2.85. The minimum absolute atomic E-state index is 0.0264. The van der Waals surface area contributed by atoms with Gasteiger partial charge in [-0.3, -0.25) is 14.3 Å². The van der Waals surface area contributed by atoms with Crippen molar-refractivity contribution in [1.82, 2.24) is 20.0 Å². The van der Waals surface area contributed by atoms with Gasteiger partial charge in [0.1, 0.15) is 5.38 Å². The van der Waals surface area contributed by atoms with Crippen molar-refractivity contribution in [3.8, 4) is 0 Å². The fourth-order valence-corrected chi connectivity index (χ4v) is 3.23. The number of amides is 2. The van der Waals surface area contributed by atoms with Crippen molar-refractivity contribution >= 4 is 23.4 Å². The molecular formula is C15H23ClN4O2. The maximum Gasteiger partial charge on any atom is 0.237 e. The second kappa shape index (κ2) is 6.28. The SMILES string of the molecule is Cc1nn(C)c(C)c1[C@H]1[C@H](CNC(=O)C(C)Cl)CC(=O)N1C. The normalized spacial score (nSPS) is 23.0. The van der Waals surface area contributed by atoms with Crippen LogP contribution in [0.1, 0.15) is 36.3 Å². The largest absolute Gasteiger partial charge is 0.354 e. The minimum atomic E-state index is -0.574. The summed E-state index contributed by atoms with van der Waals surface area (Å²) >= 11 is 5.78. The second-order valence-corrected chi connectivity index (χ2v) is 6.64. The van der Waals surface area contributed by atoms with Gasteiger partial charge >= 0.3 is 0 Å². The molecule has 0 saturated carbocycles. The number of halogens is 1. The molecular weight excluding hydrogens is 304 g/mol. The van der Waals surface area contributed by atoms with Crippen LogP contribution in [0.4, 0.5) is 0 Å². The Kier molecular flexibility index (Phi) is 4.80. The molecule has 1 aromatic heterocycles. The quantitative estimate of drug-likeness (QED) is 0.848. The predicted octanol–water partition coefficient (Wildman–Crippen LogP) is 1.30. The number of alkyl halides is 1. The Hall–Kier alpha value is -1.56. The number of carbonyl (C=O) groups excluding carboxylic acids is 2. The zero-order valence-electron chi connectivity index (χ0n) is 13.7. The minimum Gasteiger partial charge on any atom is -0.354 e. The Morgan fingerprint density at radius 1 is 1.45 bits per heavy atom. The maximum atomic E-state index is 12.1. The lowest BCUT2D eigenvalue weighted by molar-refractivity contribution is -0.127. The molecule has 1 saturated heterocycles. The van der Waals surface area contributed by atoms with E-state index in [1.807, 2.05) is 32.6 Å². The number of likely N-dealkylation sites (tertiary alicyclic amines) is 1. The zero-order chi connectivity index (χ0) is 16.6. The molecule has 1 aliphatic heterocycles. The van der Waals surface area contributed by atoms with Crippen LogP contribution in [0.5, 0.6) is 0 Å². The van der Waals surface area contributed by atoms with Crippen molar-refractivity contribution in [2.75, 3.05) is 13.6 Å². The van der Waals surface area contributed by atoms with Crippen LogP contribution in [0, 0.1) is 19.8 Å². The van der Waals surface area contributed by atoms with E-state index in [0.717, 1.165) is 17.0 Å².